The van der Waals surface area contributed by atoms with E-state index in [0.29, 0.717) is 6.61 Å². The van der Waals surface area contributed by atoms with Crippen molar-refractivity contribution >= 4 is 15.9 Å². The fraction of sp³-hybridized carbons (Fsp3) is 0.769. The predicted molar refractivity (Wildman–Crippen MR) is 75.4 cm³/mol. The molecule has 18 heavy (non-hydrogen) atoms. The first-order chi connectivity index (χ1) is 8.32. The first-order valence-electron chi connectivity index (χ1n) is 6.33. The number of hydrogen-bond acceptors (Lipinski definition) is 3. The van der Waals surface area contributed by atoms with Crippen LogP contribution in [0, 0.1) is 5.41 Å². The highest BCUT2D eigenvalue weighted by molar-refractivity contribution is 9.10. The number of ether oxygens (including phenoxy) is 1. The normalized spacial score (nSPS) is 15.7. The lowest BCUT2D eigenvalue weighted by atomic mass is 9.84. The average Bonchev–Trinajstić information content (AvgIpc) is 2.64. The third kappa shape index (κ3) is 3.33. The van der Waals surface area contributed by atoms with E-state index in [1.807, 2.05) is 13.8 Å². The van der Waals surface area contributed by atoms with Crippen molar-refractivity contribution < 1.29 is 9.84 Å². The summed E-state index contributed by atoms with van der Waals surface area (Å²) in [6.07, 6.45) is 0.760. The maximum Gasteiger partial charge on any atom is 0.123 e. The summed E-state index contributed by atoms with van der Waals surface area (Å²) in [4.78, 5) is 0. The summed E-state index contributed by atoms with van der Waals surface area (Å²) in [6, 6.07) is 0. The molecule has 1 aromatic heterocycles. The molecule has 1 N–H and O–H groups in total. The molecule has 0 saturated carbocycles. The van der Waals surface area contributed by atoms with Gasteiger partial charge in [-0.2, -0.15) is 5.10 Å². The molecule has 2 unspecified atom stereocenters. The Labute approximate surface area is 117 Å². The average molecular weight is 319 g/mol. The molecule has 0 aliphatic heterocycles. The summed E-state index contributed by atoms with van der Waals surface area (Å²) in [6.45, 7) is 11.4. The van der Waals surface area contributed by atoms with E-state index in [2.05, 4.69) is 41.8 Å². The Morgan fingerprint density at radius 3 is 2.50 bits per heavy atom. The van der Waals surface area contributed by atoms with E-state index in [0.717, 1.165) is 16.7 Å². The van der Waals surface area contributed by atoms with Crippen LogP contribution >= 0.6 is 15.9 Å². The van der Waals surface area contributed by atoms with E-state index in [-0.39, 0.29) is 11.5 Å². The molecule has 0 aliphatic rings. The minimum Gasteiger partial charge on any atom is -0.384 e. The lowest BCUT2D eigenvalue weighted by Gasteiger charge is -2.34. The lowest BCUT2D eigenvalue weighted by Crippen LogP contribution is -2.36. The van der Waals surface area contributed by atoms with Gasteiger partial charge in [-0.25, -0.2) is 0 Å². The molecular weight excluding hydrogens is 296 g/mol. The highest BCUT2D eigenvalue weighted by Crippen LogP contribution is 2.35. The SMILES string of the molecule is CCOC(C(O)c1c(Br)cnn1CC)C(C)(C)C. The topological polar surface area (TPSA) is 47.3 Å². The van der Waals surface area contributed by atoms with Gasteiger partial charge < -0.3 is 9.84 Å². The summed E-state index contributed by atoms with van der Waals surface area (Å²) in [7, 11) is 0. The number of halogens is 1. The van der Waals surface area contributed by atoms with Crippen LogP contribution in [0.3, 0.4) is 0 Å². The largest absolute Gasteiger partial charge is 0.384 e. The van der Waals surface area contributed by atoms with Crippen molar-refractivity contribution in [2.24, 2.45) is 5.41 Å². The summed E-state index contributed by atoms with van der Waals surface area (Å²) in [5, 5.41) is 14.8. The van der Waals surface area contributed by atoms with Crippen LogP contribution in [0.2, 0.25) is 0 Å². The number of aromatic nitrogens is 2. The van der Waals surface area contributed by atoms with Crippen molar-refractivity contribution in [1.29, 1.82) is 0 Å². The quantitative estimate of drug-likeness (QED) is 0.907. The minimum absolute atomic E-state index is 0.141. The lowest BCUT2D eigenvalue weighted by molar-refractivity contribution is -0.0928. The second-order valence-corrected chi connectivity index (χ2v) is 6.23. The standard InChI is InChI=1S/C13H23BrN2O2/c1-6-16-10(9(14)8-15-16)11(17)12(18-7-2)13(3,4)5/h8,11-12,17H,6-7H2,1-5H3. The molecule has 0 bridgehead atoms. The first-order valence-corrected chi connectivity index (χ1v) is 7.13. The highest BCUT2D eigenvalue weighted by Gasteiger charge is 2.35. The van der Waals surface area contributed by atoms with Gasteiger partial charge in [0.2, 0.25) is 0 Å². The number of aliphatic hydroxyl groups is 1. The van der Waals surface area contributed by atoms with Crippen molar-refractivity contribution in [2.45, 2.75) is 53.4 Å². The van der Waals surface area contributed by atoms with Crippen LogP contribution in [0.25, 0.3) is 0 Å². The third-order valence-electron chi connectivity index (χ3n) is 2.90. The van der Waals surface area contributed by atoms with E-state index >= 15 is 0 Å². The van der Waals surface area contributed by atoms with E-state index in [4.69, 9.17) is 4.74 Å². The number of aryl methyl sites for hydroxylation is 1. The second kappa shape index (κ2) is 6.17. The van der Waals surface area contributed by atoms with E-state index in [9.17, 15) is 5.11 Å². The van der Waals surface area contributed by atoms with E-state index in [1.54, 1.807) is 10.9 Å². The molecule has 5 heteroatoms. The zero-order valence-electron chi connectivity index (χ0n) is 11.8. The Morgan fingerprint density at radius 2 is 2.06 bits per heavy atom. The third-order valence-corrected chi connectivity index (χ3v) is 3.51. The van der Waals surface area contributed by atoms with Crippen molar-refractivity contribution in [3.8, 4) is 0 Å². The van der Waals surface area contributed by atoms with Gasteiger partial charge in [-0.05, 0) is 35.2 Å². The Hall–Kier alpha value is -0.390. The number of rotatable bonds is 5. The maximum absolute atomic E-state index is 10.6. The van der Waals surface area contributed by atoms with Crippen LogP contribution in [0.1, 0.15) is 46.4 Å². The molecule has 104 valence electrons. The molecule has 1 rings (SSSR count). The van der Waals surface area contributed by atoms with Gasteiger partial charge in [0.1, 0.15) is 6.10 Å². The fourth-order valence-electron chi connectivity index (χ4n) is 2.06. The molecule has 0 saturated heterocycles. The summed E-state index contributed by atoms with van der Waals surface area (Å²) >= 11 is 3.45. The fourth-order valence-corrected chi connectivity index (χ4v) is 2.59. The van der Waals surface area contributed by atoms with E-state index < -0.39 is 6.10 Å². The zero-order chi connectivity index (χ0) is 13.9. The van der Waals surface area contributed by atoms with Crippen LogP contribution in [0.4, 0.5) is 0 Å². The van der Waals surface area contributed by atoms with Crippen LogP contribution in [0.15, 0.2) is 10.7 Å². The number of aliphatic hydroxyl groups excluding tert-OH is 1. The van der Waals surface area contributed by atoms with Gasteiger partial charge >= 0.3 is 0 Å². The van der Waals surface area contributed by atoms with Crippen molar-refractivity contribution in [2.75, 3.05) is 6.61 Å². The van der Waals surface area contributed by atoms with Crippen LogP contribution in [-0.2, 0) is 11.3 Å². The molecule has 0 aromatic carbocycles. The van der Waals surface area contributed by atoms with Crippen LogP contribution < -0.4 is 0 Å². The van der Waals surface area contributed by atoms with Gasteiger partial charge in [0.15, 0.2) is 0 Å². The first kappa shape index (κ1) is 15.7. The number of hydrogen-bond donors (Lipinski definition) is 1. The minimum atomic E-state index is -0.693. The van der Waals surface area contributed by atoms with Crippen LogP contribution in [-0.4, -0.2) is 27.6 Å². The maximum atomic E-state index is 10.6. The highest BCUT2D eigenvalue weighted by atomic mass is 79.9. The van der Waals surface area contributed by atoms with Crippen LogP contribution in [0.5, 0.6) is 0 Å². The van der Waals surface area contributed by atoms with Crippen molar-refractivity contribution in [1.82, 2.24) is 9.78 Å². The Balaban J connectivity index is 3.09. The molecule has 0 spiro atoms. The molecule has 0 aliphatic carbocycles. The predicted octanol–water partition coefficient (Wildman–Crippen LogP) is 3.15. The molecule has 0 fully saturated rings. The van der Waals surface area contributed by atoms with E-state index in [1.165, 1.54) is 0 Å². The van der Waals surface area contributed by atoms with Gasteiger partial charge in [-0.1, -0.05) is 20.8 Å². The van der Waals surface area contributed by atoms with Gasteiger partial charge in [-0.3, -0.25) is 4.68 Å². The monoisotopic (exact) mass is 318 g/mol. The van der Waals surface area contributed by atoms with Crippen molar-refractivity contribution in [3.05, 3.63) is 16.4 Å². The Kier molecular flexibility index (Phi) is 5.37. The Bertz CT molecular complexity index is 385. The zero-order valence-corrected chi connectivity index (χ0v) is 13.4. The molecular formula is C13H23BrN2O2. The van der Waals surface area contributed by atoms with Gasteiger partial charge in [0, 0.05) is 13.2 Å². The molecule has 4 nitrogen and oxygen atoms in total. The Morgan fingerprint density at radius 1 is 1.44 bits per heavy atom. The number of nitrogens with zero attached hydrogens (tertiary/aromatic N) is 2. The molecule has 0 radical (unpaired) electrons. The molecule has 2 atom stereocenters. The summed E-state index contributed by atoms with van der Waals surface area (Å²) in [5.74, 6) is 0. The smallest absolute Gasteiger partial charge is 0.123 e. The summed E-state index contributed by atoms with van der Waals surface area (Å²) < 4.78 is 8.36. The van der Waals surface area contributed by atoms with Gasteiger partial charge in [-0.15, -0.1) is 0 Å². The van der Waals surface area contributed by atoms with Gasteiger partial charge in [0.05, 0.1) is 22.5 Å². The van der Waals surface area contributed by atoms with Crippen molar-refractivity contribution in [3.63, 3.8) is 0 Å². The molecule has 0 amide bonds. The summed E-state index contributed by atoms with van der Waals surface area (Å²) in [5.41, 5.74) is 0.642. The second-order valence-electron chi connectivity index (χ2n) is 5.38. The molecule has 1 heterocycles. The van der Waals surface area contributed by atoms with Gasteiger partial charge in [0.25, 0.3) is 0 Å². The molecule has 1 aromatic rings.